The van der Waals surface area contributed by atoms with Gasteiger partial charge < -0.3 is 10.1 Å². The summed E-state index contributed by atoms with van der Waals surface area (Å²) in [5.41, 5.74) is 1.51. The van der Waals surface area contributed by atoms with Gasteiger partial charge in [-0.05, 0) is 42.7 Å². The van der Waals surface area contributed by atoms with Crippen LogP contribution in [-0.2, 0) is 11.2 Å². The second-order valence-electron chi connectivity index (χ2n) is 5.37. The number of benzene rings is 2. The quantitative estimate of drug-likeness (QED) is 0.724. The molecule has 0 bridgehead atoms. The van der Waals surface area contributed by atoms with Gasteiger partial charge in [0.15, 0.2) is 0 Å². The Bertz CT molecular complexity index is 626. The van der Waals surface area contributed by atoms with Crippen molar-refractivity contribution < 1.29 is 13.9 Å². The monoisotopic (exact) mass is 315 g/mol. The maximum absolute atomic E-state index is 13.4. The van der Waals surface area contributed by atoms with Gasteiger partial charge in [-0.2, -0.15) is 0 Å². The number of nitrogens with one attached hydrogen (secondary N) is 1. The lowest BCUT2D eigenvalue weighted by atomic mass is 10.1. The molecule has 0 aliphatic carbocycles. The molecule has 0 unspecified atom stereocenters. The Labute approximate surface area is 136 Å². The van der Waals surface area contributed by atoms with Crippen LogP contribution in [0.5, 0.6) is 5.75 Å². The van der Waals surface area contributed by atoms with Crippen LogP contribution in [-0.4, -0.2) is 12.5 Å². The molecule has 0 atom stereocenters. The number of para-hydroxylation sites is 1. The molecule has 2 aromatic carbocycles. The molecule has 2 rings (SSSR count). The van der Waals surface area contributed by atoms with Crippen molar-refractivity contribution in [3.63, 3.8) is 0 Å². The van der Waals surface area contributed by atoms with E-state index in [4.69, 9.17) is 4.74 Å². The molecule has 0 saturated heterocycles. The molecule has 0 saturated carbocycles. The zero-order chi connectivity index (χ0) is 16.5. The van der Waals surface area contributed by atoms with Gasteiger partial charge in [0, 0.05) is 6.42 Å². The zero-order valence-corrected chi connectivity index (χ0v) is 13.3. The molecule has 0 aliphatic rings. The van der Waals surface area contributed by atoms with E-state index in [0.29, 0.717) is 19.4 Å². The van der Waals surface area contributed by atoms with E-state index in [9.17, 15) is 9.18 Å². The molecule has 122 valence electrons. The molecule has 0 aliphatic heterocycles. The first-order chi connectivity index (χ1) is 11.2. The molecule has 1 amide bonds. The smallest absolute Gasteiger partial charge is 0.224 e. The summed E-state index contributed by atoms with van der Waals surface area (Å²) >= 11 is 0. The fourth-order valence-corrected chi connectivity index (χ4v) is 2.24. The molecule has 0 aromatic heterocycles. The number of anilines is 1. The Morgan fingerprint density at radius 1 is 1.13 bits per heavy atom. The standard InChI is InChI=1S/C19H22FNO2/c1-2-6-15-10-12-16(13-11-15)23-14-5-9-19(22)21-18-8-4-3-7-17(18)20/h3-4,7-8,10-13H,2,5-6,9,14H2,1H3,(H,21,22). The molecule has 0 spiro atoms. The number of carbonyl (C=O) groups is 1. The van der Waals surface area contributed by atoms with Crippen LogP contribution >= 0.6 is 0 Å². The van der Waals surface area contributed by atoms with E-state index in [1.807, 2.05) is 12.1 Å². The van der Waals surface area contributed by atoms with E-state index < -0.39 is 5.82 Å². The van der Waals surface area contributed by atoms with Gasteiger partial charge in [0.2, 0.25) is 5.91 Å². The van der Waals surface area contributed by atoms with Crippen molar-refractivity contribution in [3.8, 4) is 5.75 Å². The van der Waals surface area contributed by atoms with Gasteiger partial charge in [-0.3, -0.25) is 4.79 Å². The van der Waals surface area contributed by atoms with E-state index >= 15 is 0 Å². The Hall–Kier alpha value is -2.36. The predicted molar refractivity (Wildman–Crippen MR) is 90.2 cm³/mol. The topological polar surface area (TPSA) is 38.3 Å². The number of rotatable bonds is 8. The molecule has 0 fully saturated rings. The highest BCUT2D eigenvalue weighted by Gasteiger charge is 2.06. The molecular formula is C19H22FNO2. The highest BCUT2D eigenvalue weighted by atomic mass is 19.1. The number of hydrogen-bond donors (Lipinski definition) is 1. The number of hydrogen-bond acceptors (Lipinski definition) is 2. The van der Waals surface area contributed by atoms with Crippen LogP contribution in [0.25, 0.3) is 0 Å². The predicted octanol–water partition coefficient (Wildman–Crippen LogP) is 4.58. The van der Waals surface area contributed by atoms with Crippen LogP contribution in [0.15, 0.2) is 48.5 Å². The van der Waals surface area contributed by atoms with E-state index in [1.165, 1.54) is 11.6 Å². The van der Waals surface area contributed by atoms with Crippen LogP contribution in [0.3, 0.4) is 0 Å². The van der Waals surface area contributed by atoms with Crippen molar-refractivity contribution in [1.82, 2.24) is 0 Å². The van der Waals surface area contributed by atoms with Crippen LogP contribution in [0.2, 0.25) is 0 Å². The number of ether oxygens (including phenoxy) is 1. The fraction of sp³-hybridized carbons (Fsp3) is 0.316. The van der Waals surface area contributed by atoms with Gasteiger partial charge in [0.05, 0.1) is 12.3 Å². The van der Waals surface area contributed by atoms with E-state index in [2.05, 4.69) is 24.4 Å². The number of amides is 1. The minimum Gasteiger partial charge on any atom is -0.494 e. The number of halogens is 1. The Kier molecular flexibility index (Phi) is 6.60. The van der Waals surface area contributed by atoms with Gasteiger partial charge in [-0.25, -0.2) is 4.39 Å². The summed E-state index contributed by atoms with van der Waals surface area (Å²) in [6.07, 6.45) is 3.06. The van der Waals surface area contributed by atoms with Crippen LogP contribution in [0, 0.1) is 5.82 Å². The molecule has 2 aromatic rings. The molecule has 1 N–H and O–H groups in total. The van der Waals surface area contributed by atoms with Crippen molar-refractivity contribution in [2.45, 2.75) is 32.6 Å². The Morgan fingerprint density at radius 2 is 1.87 bits per heavy atom. The van der Waals surface area contributed by atoms with E-state index in [-0.39, 0.29) is 11.6 Å². The average molecular weight is 315 g/mol. The lowest BCUT2D eigenvalue weighted by molar-refractivity contribution is -0.116. The number of carbonyl (C=O) groups excluding carboxylic acids is 1. The van der Waals surface area contributed by atoms with Crippen LogP contribution in [0.1, 0.15) is 31.7 Å². The zero-order valence-electron chi connectivity index (χ0n) is 13.3. The van der Waals surface area contributed by atoms with Crippen LogP contribution in [0.4, 0.5) is 10.1 Å². The van der Waals surface area contributed by atoms with Crippen LogP contribution < -0.4 is 10.1 Å². The van der Waals surface area contributed by atoms with E-state index in [1.54, 1.807) is 18.2 Å². The third-order valence-electron chi connectivity index (χ3n) is 3.43. The molecule has 4 heteroatoms. The lowest BCUT2D eigenvalue weighted by Gasteiger charge is -2.08. The molecule has 3 nitrogen and oxygen atoms in total. The Morgan fingerprint density at radius 3 is 2.57 bits per heavy atom. The highest BCUT2D eigenvalue weighted by Crippen LogP contribution is 2.15. The highest BCUT2D eigenvalue weighted by molar-refractivity contribution is 5.90. The second kappa shape index (κ2) is 8.93. The summed E-state index contributed by atoms with van der Waals surface area (Å²) < 4.78 is 19.0. The van der Waals surface area contributed by atoms with Gasteiger partial charge in [-0.15, -0.1) is 0 Å². The second-order valence-corrected chi connectivity index (χ2v) is 5.37. The summed E-state index contributed by atoms with van der Waals surface area (Å²) in [6.45, 7) is 2.61. The first-order valence-electron chi connectivity index (χ1n) is 7.95. The van der Waals surface area contributed by atoms with Gasteiger partial charge >= 0.3 is 0 Å². The summed E-state index contributed by atoms with van der Waals surface area (Å²) in [7, 11) is 0. The maximum Gasteiger partial charge on any atom is 0.224 e. The first kappa shape index (κ1) is 17.0. The molecule has 0 radical (unpaired) electrons. The lowest BCUT2D eigenvalue weighted by Crippen LogP contribution is -2.13. The third kappa shape index (κ3) is 5.74. The van der Waals surface area contributed by atoms with Gasteiger partial charge in [0.1, 0.15) is 11.6 Å². The van der Waals surface area contributed by atoms with Gasteiger partial charge in [-0.1, -0.05) is 37.6 Å². The average Bonchev–Trinajstić information content (AvgIpc) is 2.55. The summed E-state index contributed by atoms with van der Waals surface area (Å²) in [4.78, 5) is 11.8. The summed E-state index contributed by atoms with van der Waals surface area (Å²) in [5, 5.41) is 2.56. The van der Waals surface area contributed by atoms with Gasteiger partial charge in [0.25, 0.3) is 0 Å². The van der Waals surface area contributed by atoms with Crippen molar-refractivity contribution in [3.05, 3.63) is 59.9 Å². The maximum atomic E-state index is 13.4. The minimum atomic E-state index is -0.427. The SMILES string of the molecule is CCCc1ccc(OCCCC(=O)Nc2ccccc2F)cc1. The third-order valence-corrected chi connectivity index (χ3v) is 3.43. The first-order valence-corrected chi connectivity index (χ1v) is 7.95. The summed E-state index contributed by atoms with van der Waals surface area (Å²) in [5.74, 6) is 0.167. The fourth-order valence-electron chi connectivity index (χ4n) is 2.24. The van der Waals surface area contributed by atoms with E-state index in [0.717, 1.165) is 18.6 Å². The minimum absolute atomic E-state index is 0.211. The molecule has 0 heterocycles. The Balaban J connectivity index is 1.68. The summed E-state index contributed by atoms with van der Waals surface area (Å²) in [6, 6.07) is 14.2. The van der Waals surface area contributed by atoms with Crippen molar-refractivity contribution in [1.29, 1.82) is 0 Å². The van der Waals surface area contributed by atoms with Crippen molar-refractivity contribution >= 4 is 11.6 Å². The van der Waals surface area contributed by atoms with Crippen molar-refractivity contribution in [2.24, 2.45) is 0 Å². The van der Waals surface area contributed by atoms with Crippen molar-refractivity contribution in [2.75, 3.05) is 11.9 Å². The molecular weight excluding hydrogens is 293 g/mol. The number of aryl methyl sites for hydroxylation is 1. The molecule has 23 heavy (non-hydrogen) atoms. The normalized spacial score (nSPS) is 10.3. The largest absolute Gasteiger partial charge is 0.494 e.